The number of methoxy groups -OCH3 is 1. The van der Waals surface area contributed by atoms with E-state index >= 15 is 0 Å². The predicted molar refractivity (Wildman–Crippen MR) is 77.6 cm³/mol. The quantitative estimate of drug-likeness (QED) is 0.899. The minimum absolute atomic E-state index is 0.115. The van der Waals surface area contributed by atoms with E-state index in [9.17, 15) is 4.39 Å². The van der Waals surface area contributed by atoms with Gasteiger partial charge in [-0.3, -0.25) is 0 Å². The van der Waals surface area contributed by atoms with Crippen LogP contribution in [0.5, 0.6) is 5.75 Å². The highest BCUT2D eigenvalue weighted by Crippen LogP contribution is 2.31. The molecular weight excluding hydrogens is 261 g/mol. The molecule has 0 aliphatic rings. The fourth-order valence-corrected chi connectivity index (χ4v) is 3.14. The lowest BCUT2D eigenvalue weighted by Gasteiger charge is -2.16. The summed E-state index contributed by atoms with van der Waals surface area (Å²) in [6, 6.07) is 9.04. The molecule has 0 aliphatic heterocycles. The average molecular weight is 279 g/mol. The molecule has 2 aromatic rings. The second-order valence-corrected chi connectivity index (χ2v) is 5.47. The summed E-state index contributed by atoms with van der Waals surface area (Å²) in [6.07, 6.45) is 1.01. The molecule has 1 N–H and O–H groups in total. The second-order valence-electron chi connectivity index (χ2n) is 4.27. The van der Waals surface area contributed by atoms with Crippen molar-refractivity contribution in [2.45, 2.75) is 19.4 Å². The Morgan fingerprint density at radius 1 is 1.32 bits per heavy atom. The van der Waals surface area contributed by atoms with Crippen molar-refractivity contribution in [3.63, 3.8) is 0 Å². The van der Waals surface area contributed by atoms with Crippen LogP contribution in [0.15, 0.2) is 30.3 Å². The van der Waals surface area contributed by atoms with Crippen LogP contribution >= 0.6 is 11.3 Å². The number of hydrogen-bond acceptors (Lipinski definition) is 3. The molecule has 0 saturated carbocycles. The number of ether oxygens (including phenoxy) is 1. The van der Waals surface area contributed by atoms with Gasteiger partial charge in [-0.2, -0.15) is 0 Å². The van der Waals surface area contributed by atoms with Gasteiger partial charge in [-0.15, -0.1) is 11.3 Å². The van der Waals surface area contributed by atoms with Gasteiger partial charge in [-0.05, 0) is 31.7 Å². The molecule has 1 heterocycles. The molecule has 1 aromatic carbocycles. The topological polar surface area (TPSA) is 21.3 Å². The molecule has 1 atom stereocenters. The van der Waals surface area contributed by atoms with Crippen molar-refractivity contribution < 1.29 is 9.13 Å². The highest BCUT2D eigenvalue weighted by molar-refractivity contribution is 7.12. The zero-order valence-electron chi connectivity index (χ0n) is 11.4. The molecule has 2 nitrogen and oxygen atoms in total. The Hall–Kier alpha value is -1.39. The van der Waals surface area contributed by atoms with Gasteiger partial charge in [0.15, 0.2) is 0 Å². The Balaban J connectivity index is 2.36. The smallest absolute Gasteiger partial charge is 0.132 e. The fraction of sp³-hybridized carbons (Fsp3) is 0.333. The summed E-state index contributed by atoms with van der Waals surface area (Å²) in [5, 5.41) is 3.18. The van der Waals surface area contributed by atoms with Crippen LogP contribution in [0.4, 0.5) is 4.39 Å². The molecule has 0 bridgehead atoms. The standard InChI is InChI=1S/C15H18FNOS/c1-4-11-6-8-14(19-11)15(17-2)12-7-5-10(18-3)9-13(12)16/h5-9,15,17H,4H2,1-3H3. The zero-order chi connectivity index (χ0) is 13.8. The number of halogens is 1. The minimum Gasteiger partial charge on any atom is -0.497 e. The summed E-state index contributed by atoms with van der Waals surface area (Å²) < 4.78 is 19.2. The van der Waals surface area contributed by atoms with Crippen LogP contribution < -0.4 is 10.1 Å². The van der Waals surface area contributed by atoms with Crippen molar-refractivity contribution in [2.24, 2.45) is 0 Å². The van der Waals surface area contributed by atoms with Gasteiger partial charge in [0.25, 0.3) is 0 Å². The number of rotatable bonds is 5. The number of aryl methyl sites for hydroxylation is 1. The minimum atomic E-state index is -0.245. The summed E-state index contributed by atoms with van der Waals surface area (Å²) in [5.41, 5.74) is 0.646. The molecule has 4 heteroatoms. The molecule has 19 heavy (non-hydrogen) atoms. The maximum Gasteiger partial charge on any atom is 0.132 e. The first kappa shape index (κ1) is 14.0. The average Bonchev–Trinajstić information content (AvgIpc) is 2.90. The molecule has 1 aromatic heterocycles. The normalized spacial score (nSPS) is 12.4. The van der Waals surface area contributed by atoms with E-state index in [1.165, 1.54) is 18.1 Å². The van der Waals surface area contributed by atoms with Crippen LogP contribution in [0.1, 0.15) is 28.3 Å². The van der Waals surface area contributed by atoms with Crippen LogP contribution in [0.25, 0.3) is 0 Å². The molecule has 0 aliphatic carbocycles. The van der Waals surface area contributed by atoms with E-state index in [0.717, 1.165) is 11.3 Å². The number of nitrogens with one attached hydrogen (secondary N) is 1. The first-order valence-electron chi connectivity index (χ1n) is 6.29. The number of hydrogen-bond donors (Lipinski definition) is 1. The lowest BCUT2D eigenvalue weighted by molar-refractivity contribution is 0.410. The van der Waals surface area contributed by atoms with Gasteiger partial charge in [-0.25, -0.2) is 4.39 Å². The van der Waals surface area contributed by atoms with E-state index < -0.39 is 0 Å². The second kappa shape index (κ2) is 6.17. The third kappa shape index (κ3) is 2.96. The molecule has 0 spiro atoms. The molecule has 2 rings (SSSR count). The highest BCUT2D eigenvalue weighted by Gasteiger charge is 2.18. The molecule has 0 radical (unpaired) electrons. The molecular formula is C15H18FNOS. The van der Waals surface area contributed by atoms with Crippen LogP contribution in [-0.4, -0.2) is 14.2 Å². The Bertz CT molecular complexity index is 553. The van der Waals surface area contributed by atoms with Gasteiger partial charge in [0.2, 0.25) is 0 Å². The van der Waals surface area contributed by atoms with E-state index in [0.29, 0.717) is 11.3 Å². The van der Waals surface area contributed by atoms with E-state index in [-0.39, 0.29) is 11.9 Å². The predicted octanol–water partition coefficient (Wildman–Crippen LogP) is 3.77. The molecule has 0 amide bonds. The Morgan fingerprint density at radius 3 is 2.63 bits per heavy atom. The van der Waals surface area contributed by atoms with E-state index in [1.54, 1.807) is 23.5 Å². The third-order valence-electron chi connectivity index (χ3n) is 3.12. The van der Waals surface area contributed by atoms with Crippen molar-refractivity contribution in [3.8, 4) is 5.75 Å². The summed E-state index contributed by atoms with van der Waals surface area (Å²) in [5.74, 6) is 0.293. The van der Waals surface area contributed by atoms with E-state index in [2.05, 4.69) is 24.4 Å². The van der Waals surface area contributed by atoms with Crippen molar-refractivity contribution in [1.29, 1.82) is 0 Å². The van der Waals surface area contributed by atoms with Gasteiger partial charge >= 0.3 is 0 Å². The first-order chi connectivity index (χ1) is 9.19. The number of thiophene rings is 1. The molecule has 102 valence electrons. The van der Waals surface area contributed by atoms with Gasteiger partial charge in [0.05, 0.1) is 13.2 Å². The lowest BCUT2D eigenvalue weighted by atomic mass is 10.0. The molecule has 0 fully saturated rings. The SMILES string of the molecule is CCc1ccc(C(NC)c2ccc(OC)cc2F)s1. The van der Waals surface area contributed by atoms with Crippen LogP contribution in [0.2, 0.25) is 0 Å². The third-order valence-corrected chi connectivity index (χ3v) is 4.42. The largest absolute Gasteiger partial charge is 0.497 e. The van der Waals surface area contributed by atoms with Crippen LogP contribution in [-0.2, 0) is 6.42 Å². The van der Waals surface area contributed by atoms with Crippen molar-refractivity contribution in [1.82, 2.24) is 5.32 Å². The number of benzene rings is 1. The summed E-state index contributed by atoms with van der Waals surface area (Å²) >= 11 is 1.72. The zero-order valence-corrected chi connectivity index (χ0v) is 12.2. The van der Waals surface area contributed by atoms with E-state index in [1.807, 2.05) is 7.05 Å². The van der Waals surface area contributed by atoms with Gasteiger partial charge in [0.1, 0.15) is 11.6 Å². The Morgan fingerprint density at radius 2 is 2.11 bits per heavy atom. The summed E-state index contributed by atoms with van der Waals surface area (Å²) in [6.45, 7) is 2.12. The van der Waals surface area contributed by atoms with Crippen molar-refractivity contribution >= 4 is 11.3 Å². The van der Waals surface area contributed by atoms with Crippen LogP contribution in [0, 0.1) is 5.82 Å². The highest BCUT2D eigenvalue weighted by atomic mass is 32.1. The molecule has 1 unspecified atom stereocenters. The van der Waals surface area contributed by atoms with Crippen LogP contribution in [0.3, 0.4) is 0 Å². The Kier molecular flexibility index (Phi) is 4.56. The summed E-state index contributed by atoms with van der Waals surface area (Å²) in [4.78, 5) is 2.44. The molecule has 0 saturated heterocycles. The summed E-state index contributed by atoms with van der Waals surface area (Å²) in [7, 11) is 3.39. The van der Waals surface area contributed by atoms with Gasteiger partial charge in [0, 0.05) is 21.4 Å². The maximum absolute atomic E-state index is 14.1. The Labute approximate surface area is 117 Å². The fourth-order valence-electron chi connectivity index (χ4n) is 2.06. The van der Waals surface area contributed by atoms with E-state index in [4.69, 9.17) is 4.74 Å². The van der Waals surface area contributed by atoms with Crippen molar-refractivity contribution in [3.05, 3.63) is 51.5 Å². The van der Waals surface area contributed by atoms with Crippen molar-refractivity contribution in [2.75, 3.05) is 14.2 Å². The lowest BCUT2D eigenvalue weighted by Crippen LogP contribution is -2.17. The van der Waals surface area contributed by atoms with Gasteiger partial charge in [-0.1, -0.05) is 13.0 Å². The first-order valence-corrected chi connectivity index (χ1v) is 7.10. The maximum atomic E-state index is 14.1. The van der Waals surface area contributed by atoms with Gasteiger partial charge < -0.3 is 10.1 Å². The monoisotopic (exact) mass is 279 g/mol.